The number of halogens is 1. The van der Waals surface area contributed by atoms with Crippen LogP contribution in [0.25, 0.3) is 0 Å². The Morgan fingerprint density at radius 3 is 2.41 bits per heavy atom. The summed E-state index contributed by atoms with van der Waals surface area (Å²) in [6.07, 6.45) is 0.948. The highest BCUT2D eigenvalue weighted by atomic mass is 35.5. The molecule has 32 heavy (non-hydrogen) atoms. The van der Waals surface area contributed by atoms with Crippen molar-refractivity contribution in [2.75, 3.05) is 32.1 Å². The fourth-order valence-electron chi connectivity index (χ4n) is 4.14. The number of anilines is 1. The van der Waals surface area contributed by atoms with Crippen LogP contribution >= 0.6 is 11.6 Å². The van der Waals surface area contributed by atoms with Gasteiger partial charge in [0.1, 0.15) is 0 Å². The summed E-state index contributed by atoms with van der Waals surface area (Å²) in [5.41, 5.74) is 4.86. The molecule has 0 bridgehead atoms. The molecule has 0 fully saturated rings. The highest BCUT2D eigenvalue weighted by Gasteiger charge is 2.27. The van der Waals surface area contributed by atoms with Crippen LogP contribution in [0.2, 0.25) is 5.02 Å². The molecule has 1 heterocycles. The van der Waals surface area contributed by atoms with Crippen molar-refractivity contribution in [3.05, 3.63) is 94.5 Å². The van der Waals surface area contributed by atoms with E-state index in [2.05, 4.69) is 63.1 Å². The van der Waals surface area contributed by atoms with Crippen LogP contribution in [0.3, 0.4) is 0 Å². The van der Waals surface area contributed by atoms with Crippen LogP contribution < -0.4 is 9.62 Å². The number of benzene rings is 3. The normalized spacial score (nSPS) is 15.2. The predicted octanol–water partition coefficient (Wildman–Crippen LogP) is 4.48. The molecule has 1 aliphatic rings. The second-order valence-electron chi connectivity index (χ2n) is 8.30. The molecule has 0 aliphatic carbocycles. The van der Waals surface area contributed by atoms with E-state index in [1.807, 2.05) is 14.1 Å². The first-order valence-corrected chi connectivity index (χ1v) is 12.5. The van der Waals surface area contributed by atoms with Gasteiger partial charge in [0, 0.05) is 50.5 Å². The van der Waals surface area contributed by atoms with Crippen LogP contribution in [0.5, 0.6) is 0 Å². The molecule has 0 amide bonds. The first-order chi connectivity index (χ1) is 15.3. The molecular weight excluding hydrogens is 442 g/mol. The van der Waals surface area contributed by atoms with Crippen molar-refractivity contribution in [1.29, 1.82) is 0 Å². The summed E-state index contributed by atoms with van der Waals surface area (Å²) in [6.45, 7) is 1.93. The van der Waals surface area contributed by atoms with Gasteiger partial charge in [-0.05, 0) is 53.4 Å². The Hall–Kier alpha value is -2.38. The number of hydrogen-bond acceptors (Lipinski definition) is 4. The summed E-state index contributed by atoms with van der Waals surface area (Å²) in [4.78, 5) is 4.58. The summed E-state index contributed by atoms with van der Waals surface area (Å²) in [5.74, 6) is 0. The van der Waals surface area contributed by atoms with E-state index in [1.54, 1.807) is 18.2 Å². The lowest BCUT2D eigenvalue weighted by molar-refractivity contribution is 0.180. The maximum atomic E-state index is 12.9. The Bertz CT molecular complexity index is 1180. The number of rotatable bonds is 7. The molecule has 168 valence electrons. The first kappa shape index (κ1) is 22.8. The van der Waals surface area contributed by atoms with Crippen LogP contribution in [0.4, 0.5) is 5.69 Å². The van der Waals surface area contributed by atoms with E-state index in [0.29, 0.717) is 5.02 Å². The Morgan fingerprint density at radius 1 is 1.00 bits per heavy atom. The van der Waals surface area contributed by atoms with Gasteiger partial charge in [-0.1, -0.05) is 54.1 Å². The van der Waals surface area contributed by atoms with Gasteiger partial charge in [0.05, 0.1) is 4.90 Å². The van der Waals surface area contributed by atoms with Crippen molar-refractivity contribution < 1.29 is 8.42 Å². The van der Waals surface area contributed by atoms with E-state index >= 15 is 0 Å². The van der Waals surface area contributed by atoms with Gasteiger partial charge in [-0.25, -0.2) is 13.1 Å². The summed E-state index contributed by atoms with van der Waals surface area (Å²) >= 11 is 6.02. The highest BCUT2D eigenvalue weighted by Crippen LogP contribution is 2.29. The highest BCUT2D eigenvalue weighted by molar-refractivity contribution is 7.89. The maximum Gasteiger partial charge on any atom is 0.240 e. The van der Waals surface area contributed by atoms with Crippen LogP contribution in [0, 0.1) is 0 Å². The fraction of sp³-hybridized carbons (Fsp3) is 0.280. The Labute approximate surface area is 195 Å². The molecule has 5 nitrogen and oxygen atoms in total. The second-order valence-corrected chi connectivity index (χ2v) is 10.5. The zero-order chi connectivity index (χ0) is 22.7. The molecule has 0 radical (unpaired) electrons. The Balaban J connectivity index is 1.60. The van der Waals surface area contributed by atoms with Gasteiger partial charge in [0.2, 0.25) is 10.0 Å². The topological polar surface area (TPSA) is 52.7 Å². The SMILES string of the molecule is CN(C)c1ccc([C@@H](CNS(=O)(=O)c2cccc(Cl)c2)N2CCc3ccccc3C2)cc1. The number of nitrogens with zero attached hydrogens (tertiary/aromatic N) is 2. The molecule has 1 N–H and O–H groups in total. The maximum absolute atomic E-state index is 12.9. The van der Waals surface area contributed by atoms with Crippen LogP contribution in [0.15, 0.2) is 77.7 Å². The van der Waals surface area contributed by atoms with E-state index in [-0.39, 0.29) is 17.5 Å². The third-order valence-corrected chi connectivity index (χ3v) is 7.62. The van der Waals surface area contributed by atoms with Crippen molar-refractivity contribution >= 4 is 27.3 Å². The molecule has 3 aromatic carbocycles. The van der Waals surface area contributed by atoms with Crippen molar-refractivity contribution in [3.63, 3.8) is 0 Å². The minimum absolute atomic E-state index is 0.0893. The molecule has 0 unspecified atom stereocenters. The van der Waals surface area contributed by atoms with Crippen molar-refractivity contribution in [2.45, 2.75) is 23.9 Å². The lowest BCUT2D eigenvalue weighted by atomic mass is 9.96. The van der Waals surface area contributed by atoms with Gasteiger partial charge in [0.15, 0.2) is 0 Å². The lowest BCUT2D eigenvalue weighted by Gasteiger charge is -2.36. The predicted molar refractivity (Wildman–Crippen MR) is 131 cm³/mol. The number of nitrogens with one attached hydrogen (secondary N) is 1. The second kappa shape index (κ2) is 9.63. The van der Waals surface area contributed by atoms with Crippen molar-refractivity contribution in [1.82, 2.24) is 9.62 Å². The summed E-state index contributed by atoms with van der Waals surface area (Å²) in [6, 6.07) is 23.1. The molecular formula is C25H28ClN3O2S. The summed E-state index contributed by atoms with van der Waals surface area (Å²) in [7, 11) is 0.338. The molecule has 1 aliphatic heterocycles. The summed E-state index contributed by atoms with van der Waals surface area (Å²) < 4.78 is 28.7. The lowest BCUT2D eigenvalue weighted by Crippen LogP contribution is -2.40. The third kappa shape index (κ3) is 5.15. The minimum atomic E-state index is -3.68. The van der Waals surface area contributed by atoms with Crippen LogP contribution in [-0.4, -0.2) is 40.5 Å². The summed E-state index contributed by atoms with van der Waals surface area (Å²) in [5, 5.41) is 0.399. The van der Waals surface area contributed by atoms with E-state index < -0.39 is 10.0 Å². The van der Waals surface area contributed by atoms with Gasteiger partial charge in [-0.3, -0.25) is 4.90 Å². The van der Waals surface area contributed by atoms with Crippen molar-refractivity contribution in [3.8, 4) is 0 Å². The van der Waals surface area contributed by atoms with E-state index in [4.69, 9.17) is 11.6 Å². The van der Waals surface area contributed by atoms with E-state index in [0.717, 1.165) is 30.8 Å². The largest absolute Gasteiger partial charge is 0.378 e. The third-order valence-electron chi connectivity index (χ3n) is 5.97. The smallest absolute Gasteiger partial charge is 0.240 e. The number of hydrogen-bond donors (Lipinski definition) is 1. The molecule has 1 atom stereocenters. The standard InChI is InChI=1S/C25H28ClN3O2S/c1-28(2)23-12-10-20(11-13-23)25(29-15-14-19-6-3-4-7-21(19)18-29)17-27-32(30,31)24-9-5-8-22(26)16-24/h3-13,16,25,27H,14-15,17-18H2,1-2H3/t25-/m1/s1. The quantitative estimate of drug-likeness (QED) is 0.554. The average Bonchev–Trinajstić information content (AvgIpc) is 2.79. The Morgan fingerprint density at radius 2 is 1.72 bits per heavy atom. The zero-order valence-corrected chi connectivity index (χ0v) is 19.9. The van der Waals surface area contributed by atoms with Gasteiger partial charge < -0.3 is 4.90 Å². The zero-order valence-electron chi connectivity index (χ0n) is 18.3. The number of sulfonamides is 1. The first-order valence-electron chi connectivity index (χ1n) is 10.7. The van der Waals surface area contributed by atoms with Gasteiger partial charge in [0.25, 0.3) is 0 Å². The Kier molecular flexibility index (Phi) is 6.86. The molecule has 0 aromatic heterocycles. The van der Waals surface area contributed by atoms with Gasteiger partial charge >= 0.3 is 0 Å². The number of fused-ring (bicyclic) bond motifs is 1. The van der Waals surface area contributed by atoms with Gasteiger partial charge in [-0.15, -0.1) is 0 Å². The molecule has 4 rings (SSSR count). The molecule has 0 spiro atoms. The van der Waals surface area contributed by atoms with Crippen molar-refractivity contribution in [2.24, 2.45) is 0 Å². The molecule has 0 saturated carbocycles. The van der Waals surface area contributed by atoms with Crippen LogP contribution in [0.1, 0.15) is 22.7 Å². The van der Waals surface area contributed by atoms with Gasteiger partial charge in [-0.2, -0.15) is 0 Å². The molecule has 0 saturated heterocycles. The average molecular weight is 470 g/mol. The minimum Gasteiger partial charge on any atom is -0.378 e. The van der Waals surface area contributed by atoms with Crippen LogP contribution in [-0.2, 0) is 23.0 Å². The van der Waals surface area contributed by atoms with E-state index in [9.17, 15) is 8.42 Å². The molecule has 3 aromatic rings. The fourth-order valence-corrected chi connectivity index (χ4v) is 5.48. The molecule has 7 heteroatoms. The van der Waals surface area contributed by atoms with E-state index in [1.165, 1.54) is 17.2 Å². The monoisotopic (exact) mass is 469 g/mol.